The SMILES string of the molecule is CCCNC(=S)N(C)CCCOC. The highest BCUT2D eigenvalue weighted by Gasteiger charge is 2.01. The lowest BCUT2D eigenvalue weighted by Gasteiger charge is -2.20. The standard InChI is InChI=1S/C9H20N2OS/c1-4-6-10-9(13)11(2)7-5-8-12-3/h4-8H2,1-3H3,(H,10,13). The number of methoxy groups -OCH3 is 1. The van der Waals surface area contributed by atoms with Crippen molar-refractivity contribution < 1.29 is 4.74 Å². The Bertz CT molecular complexity index is 142. The molecule has 0 amide bonds. The molecule has 0 aliphatic carbocycles. The average Bonchev–Trinajstić information content (AvgIpc) is 2.14. The summed E-state index contributed by atoms with van der Waals surface area (Å²) in [6.45, 7) is 4.82. The van der Waals surface area contributed by atoms with Gasteiger partial charge in [0.1, 0.15) is 0 Å². The first-order chi connectivity index (χ1) is 6.22. The van der Waals surface area contributed by atoms with Gasteiger partial charge in [0.05, 0.1) is 0 Å². The second-order valence-corrected chi connectivity index (χ2v) is 3.39. The minimum Gasteiger partial charge on any atom is -0.385 e. The van der Waals surface area contributed by atoms with E-state index in [0.717, 1.165) is 37.7 Å². The number of rotatable bonds is 6. The summed E-state index contributed by atoms with van der Waals surface area (Å²) < 4.78 is 4.96. The van der Waals surface area contributed by atoms with Gasteiger partial charge in [-0.1, -0.05) is 6.92 Å². The lowest BCUT2D eigenvalue weighted by atomic mass is 10.4. The molecule has 0 spiro atoms. The topological polar surface area (TPSA) is 24.5 Å². The monoisotopic (exact) mass is 204 g/mol. The molecule has 78 valence electrons. The van der Waals surface area contributed by atoms with Gasteiger partial charge in [-0.2, -0.15) is 0 Å². The molecule has 0 aliphatic heterocycles. The smallest absolute Gasteiger partial charge is 0.168 e. The second kappa shape index (κ2) is 8.26. The molecule has 13 heavy (non-hydrogen) atoms. The molecule has 0 aromatic heterocycles. The van der Waals surface area contributed by atoms with Crippen molar-refractivity contribution in [3.63, 3.8) is 0 Å². The number of thiocarbonyl (C=S) groups is 1. The van der Waals surface area contributed by atoms with Crippen LogP contribution in [0, 0.1) is 0 Å². The number of nitrogens with zero attached hydrogens (tertiary/aromatic N) is 1. The van der Waals surface area contributed by atoms with Gasteiger partial charge < -0.3 is 15.0 Å². The predicted octanol–water partition coefficient (Wildman–Crippen LogP) is 1.24. The molecule has 0 bridgehead atoms. The molecular formula is C9H20N2OS. The number of ether oxygens (including phenoxy) is 1. The molecule has 4 heteroatoms. The normalized spacial score (nSPS) is 9.77. The minimum absolute atomic E-state index is 0.792. The summed E-state index contributed by atoms with van der Waals surface area (Å²) >= 11 is 5.17. The van der Waals surface area contributed by atoms with E-state index in [1.165, 1.54) is 0 Å². The minimum atomic E-state index is 0.792. The van der Waals surface area contributed by atoms with Gasteiger partial charge in [0, 0.05) is 33.9 Å². The van der Waals surface area contributed by atoms with Crippen molar-refractivity contribution in [1.82, 2.24) is 10.2 Å². The summed E-state index contributed by atoms with van der Waals surface area (Å²) in [5, 5.41) is 4.01. The quantitative estimate of drug-likeness (QED) is 0.520. The molecule has 0 unspecified atom stereocenters. The third-order valence-corrected chi connectivity index (χ3v) is 2.17. The third-order valence-electron chi connectivity index (χ3n) is 1.71. The lowest BCUT2D eigenvalue weighted by molar-refractivity contribution is 0.188. The van der Waals surface area contributed by atoms with Gasteiger partial charge in [-0.05, 0) is 25.1 Å². The van der Waals surface area contributed by atoms with Gasteiger partial charge in [0.25, 0.3) is 0 Å². The Morgan fingerprint density at radius 1 is 1.54 bits per heavy atom. The van der Waals surface area contributed by atoms with E-state index >= 15 is 0 Å². The lowest BCUT2D eigenvalue weighted by Crippen LogP contribution is -2.38. The van der Waals surface area contributed by atoms with Crippen LogP contribution in [0.15, 0.2) is 0 Å². The summed E-state index contributed by atoms with van der Waals surface area (Å²) in [4.78, 5) is 2.05. The van der Waals surface area contributed by atoms with E-state index in [-0.39, 0.29) is 0 Å². The molecule has 0 heterocycles. The van der Waals surface area contributed by atoms with Gasteiger partial charge in [-0.15, -0.1) is 0 Å². The van der Waals surface area contributed by atoms with Gasteiger partial charge >= 0.3 is 0 Å². The van der Waals surface area contributed by atoms with E-state index in [1.54, 1.807) is 7.11 Å². The maximum absolute atomic E-state index is 5.17. The summed E-state index contributed by atoms with van der Waals surface area (Å²) in [5.74, 6) is 0. The maximum atomic E-state index is 5.17. The molecule has 3 nitrogen and oxygen atoms in total. The van der Waals surface area contributed by atoms with Crippen LogP contribution in [0.25, 0.3) is 0 Å². The van der Waals surface area contributed by atoms with Crippen molar-refractivity contribution in [3.8, 4) is 0 Å². The fourth-order valence-corrected chi connectivity index (χ4v) is 1.11. The van der Waals surface area contributed by atoms with Crippen LogP contribution in [0.5, 0.6) is 0 Å². The van der Waals surface area contributed by atoms with Crippen LogP contribution in [0.3, 0.4) is 0 Å². The number of hydrogen-bond acceptors (Lipinski definition) is 2. The third kappa shape index (κ3) is 6.78. The van der Waals surface area contributed by atoms with Crippen LogP contribution < -0.4 is 5.32 Å². The highest BCUT2D eigenvalue weighted by atomic mass is 32.1. The molecule has 0 saturated heterocycles. The van der Waals surface area contributed by atoms with Crippen LogP contribution in [0.4, 0.5) is 0 Å². The molecular weight excluding hydrogens is 184 g/mol. The Morgan fingerprint density at radius 3 is 2.77 bits per heavy atom. The first kappa shape index (κ1) is 12.7. The Morgan fingerprint density at radius 2 is 2.23 bits per heavy atom. The fraction of sp³-hybridized carbons (Fsp3) is 0.889. The van der Waals surface area contributed by atoms with E-state index in [9.17, 15) is 0 Å². The number of nitrogens with one attached hydrogen (secondary N) is 1. The van der Waals surface area contributed by atoms with Crippen molar-refractivity contribution in [2.45, 2.75) is 19.8 Å². The van der Waals surface area contributed by atoms with Crippen molar-refractivity contribution in [2.75, 3.05) is 33.9 Å². The average molecular weight is 204 g/mol. The first-order valence-electron chi connectivity index (χ1n) is 4.70. The van der Waals surface area contributed by atoms with Crippen LogP contribution in [0.1, 0.15) is 19.8 Å². The van der Waals surface area contributed by atoms with Gasteiger partial charge in [-0.25, -0.2) is 0 Å². The van der Waals surface area contributed by atoms with E-state index in [4.69, 9.17) is 17.0 Å². The Balaban J connectivity index is 3.45. The van der Waals surface area contributed by atoms with E-state index in [2.05, 4.69) is 12.2 Å². The molecule has 1 N–H and O–H groups in total. The molecule has 0 rings (SSSR count). The Labute approximate surface area is 86.4 Å². The summed E-state index contributed by atoms with van der Waals surface area (Å²) in [6, 6.07) is 0. The highest BCUT2D eigenvalue weighted by Crippen LogP contribution is 1.89. The van der Waals surface area contributed by atoms with Crippen LogP contribution >= 0.6 is 12.2 Å². The van der Waals surface area contributed by atoms with E-state index in [0.29, 0.717) is 0 Å². The molecule has 0 aromatic rings. The zero-order valence-corrected chi connectivity index (χ0v) is 9.62. The molecule has 0 atom stereocenters. The van der Waals surface area contributed by atoms with Crippen molar-refractivity contribution in [3.05, 3.63) is 0 Å². The van der Waals surface area contributed by atoms with Gasteiger partial charge in [-0.3, -0.25) is 0 Å². The van der Waals surface area contributed by atoms with Gasteiger partial charge in [0.15, 0.2) is 5.11 Å². The molecule has 0 aliphatic rings. The second-order valence-electron chi connectivity index (χ2n) is 3.00. The van der Waals surface area contributed by atoms with Gasteiger partial charge in [0.2, 0.25) is 0 Å². The van der Waals surface area contributed by atoms with E-state index < -0.39 is 0 Å². The molecule has 0 radical (unpaired) electrons. The Hall–Kier alpha value is -0.350. The van der Waals surface area contributed by atoms with Crippen LogP contribution in [-0.4, -0.2) is 43.9 Å². The van der Waals surface area contributed by atoms with Crippen LogP contribution in [0.2, 0.25) is 0 Å². The first-order valence-corrected chi connectivity index (χ1v) is 5.11. The largest absolute Gasteiger partial charge is 0.385 e. The van der Waals surface area contributed by atoms with Crippen molar-refractivity contribution in [2.24, 2.45) is 0 Å². The summed E-state index contributed by atoms with van der Waals surface area (Å²) in [6.07, 6.45) is 2.12. The number of hydrogen-bond donors (Lipinski definition) is 1. The maximum Gasteiger partial charge on any atom is 0.168 e. The van der Waals surface area contributed by atoms with E-state index in [1.807, 2.05) is 11.9 Å². The summed E-state index contributed by atoms with van der Waals surface area (Å²) in [5.41, 5.74) is 0. The fourth-order valence-electron chi connectivity index (χ4n) is 0.914. The van der Waals surface area contributed by atoms with Crippen molar-refractivity contribution >= 4 is 17.3 Å². The zero-order chi connectivity index (χ0) is 10.1. The zero-order valence-electron chi connectivity index (χ0n) is 8.80. The molecule has 0 aromatic carbocycles. The molecule has 0 saturated carbocycles. The van der Waals surface area contributed by atoms with Crippen LogP contribution in [-0.2, 0) is 4.74 Å². The Kier molecular flexibility index (Phi) is 8.04. The predicted molar refractivity (Wildman–Crippen MR) is 60.0 cm³/mol. The molecule has 0 fully saturated rings. The highest BCUT2D eigenvalue weighted by molar-refractivity contribution is 7.80. The summed E-state index contributed by atoms with van der Waals surface area (Å²) in [7, 11) is 3.72. The van der Waals surface area contributed by atoms with Crippen molar-refractivity contribution in [1.29, 1.82) is 0 Å².